The first-order chi connectivity index (χ1) is 11.1. The molecule has 0 amide bonds. The Morgan fingerprint density at radius 1 is 1.35 bits per heavy atom. The van der Waals surface area contributed by atoms with Crippen LogP contribution in [-0.2, 0) is 32.0 Å². The molecule has 1 aromatic rings. The van der Waals surface area contributed by atoms with Gasteiger partial charge in [0.1, 0.15) is 5.75 Å². The summed E-state index contributed by atoms with van der Waals surface area (Å²) in [5.41, 5.74) is 2.37. The van der Waals surface area contributed by atoms with Gasteiger partial charge >= 0.3 is 5.97 Å². The van der Waals surface area contributed by atoms with E-state index in [9.17, 15) is 9.59 Å². The van der Waals surface area contributed by atoms with Crippen LogP contribution in [0.1, 0.15) is 18.1 Å². The summed E-state index contributed by atoms with van der Waals surface area (Å²) in [6, 6.07) is 5.96. The van der Waals surface area contributed by atoms with Crippen molar-refractivity contribution in [2.45, 2.75) is 19.9 Å². The zero-order valence-corrected chi connectivity index (χ0v) is 13.3. The van der Waals surface area contributed by atoms with Crippen LogP contribution in [0.15, 0.2) is 29.7 Å². The second-order valence-corrected chi connectivity index (χ2v) is 5.42. The van der Waals surface area contributed by atoms with Gasteiger partial charge in [-0.2, -0.15) is 0 Å². The predicted octanol–water partition coefficient (Wildman–Crippen LogP) is 1.43. The molecule has 2 aliphatic rings. The van der Waals surface area contributed by atoms with E-state index in [-0.39, 0.29) is 24.6 Å². The van der Waals surface area contributed by atoms with Crippen molar-refractivity contribution < 1.29 is 23.8 Å². The molecule has 0 saturated heterocycles. The highest BCUT2D eigenvalue weighted by Gasteiger charge is 2.36. The summed E-state index contributed by atoms with van der Waals surface area (Å²) in [5.74, 6) is 0.187. The standard InChI is InChI=1S/C17H19NO5/c1-3-22-17(20)15-14(19)10-23-16(15)18-7-6-11-4-5-13(21-2)8-12(11)9-18/h4-5,8H,3,6-7,9-10H2,1-2H3. The lowest BCUT2D eigenvalue weighted by molar-refractivity contribution is -0.139. The van der Waals surface area contributed by atoms with E-state index in [1.165, 1.54) is 5.56 Å². The van der Waals surface area contributed by atoms with E-state index in [1.54, 1.807) is 14.0 Å². The van der Waals surface area contributed by atoms with E-state index >= 15 is 0 Å². The predicted molar refractivity (Wildman–Crippen MR) is 81.7 cm³/mol. The topological polar surface area (TPSA) is 65.1 Å². The van der Waals surface area contributed by atoms with Gasteiger partial charge in [-0.15, -0.1) is 0 Å². The summed E-state index contributed by atoms with van der Waals surface area (Å²) in [6.45, 7) is 3.08. The summed E-state index contributed by atoms with van der Waals surface area (Å²) >= 11 is 0. The van der Waals surface area contributed by atoms with Crippen molar-refractivity contribution in [2.75, 3.05) is 26.9 Å². The van der Waals surface area contributed by atoms with Gasteiger partial charge in [0.2, 0.25) is 11.7 Å². The molecule has 2 aliphatic heterocycles. The van der Waals surface area contributed by atoms with Crippen LogP contribution >= 0.6 is 0 Å². The minimum absolute atomic E-state index is 0.0261. The molecule has 0 atom stereocenters. The number of hydrogen-bond donors (Lipinski definition) is 0. The number of rotatable bonds is 4. The van der Waals surface area contributed by atoms with E-state index in [0.717, 1.165) is 17.7 Å². The highest BCUT2D eigenvalue weighted by molar-refractivity contribution is 6.19. The van der Waals surface area contributed by atoms with Gasteiger partial charge in [-0.05, 0) is 36.6 Å². The molecule has 2 heterocycles. The number of fused-ring (bicyclic) bond motifs is 1. The van der Waals surface area contributed by atoms with Crippen molar-refractivity contribution in [2.24, 2.45) is 0 Å². The van der Waals surface area contributed by atoms with E-state index in [0.29, 0.717) is 19.0 Å². The fraction of sp³-hybridized carbons (Fsp3) is 0.412. The van der Waals surface area contributed by atoms with Crippen molar-refractivity contribution in [1.29, 1.82) is 0 Å². The summed E-state index contributed by atoms with van der Waals surface area (Å²) in [5, 5.41) is 0. The number of nitrogens with zero attached hydrogens (tertiary/aromatic N) is 1. The molecule has 0 unspecified atom stereocenters. The zero-order valence-electron chi connectivity index (χ0n) is 13.3. The number of methoxy groups -OCH3 is 1. The van der Waals surface area contributed by atoms with Gasteiger partial charge in [0.25, 0.3) is 0 Å². The molecule has 0 radical (unpaired) electrons. The number of ether oxygens (including phenoxy) is 3. The van der Waals surface area contributed by atoms with E-state index in [2.05, 4.69) is 0 Å². The molecule has 122 valence electrons. The number of carbonyl (C=O) groups is 2. The molecule has 3 rings (SSSR count). The van der Waals surface area contributed by atoms with Crippen molar-refractivity contribution in [3.8, 4) is 5.75 Å². The second kappa shape index (κ2) is 6.32. The molecule has 1 aromatic carbocycles. The zero-order chi connectivity index (χ0) is 16.4. The van der Waals surface area contributed by atoms with E-state index < -0.39 is 5.97 Å². The molecule has 0 saturated carbocycles. The number of Topliss-reactive ketones (excluding diaryl/α,β-unsaturated/α-hetero) is 1. The molecular formula is C17H19NO5. The van der Waals surface area contributed by atoms with Crippen molar-refractivity contribution in [1.82, 2.24) is 4.90 Å². The Morgan fingerprint density at radius 3 is 2.91 bits per heavy atom. The molecule has 0 fully saturated rings. The second-order valence-electron chi connectivity index (χ2n) is 5.42. The molecule has 23 heavy (non-hydrogen) atoms. The third kappa shape index (κ3) is 2.88. The van der Waals surface area contributed by atoms with Crippen LogP contribution in [0.3, 0.4) is 0 Å². The first kappa shape index (κ1) is 15.4. The van der Waals surface area contributed by atoms with Crippen LogP contribution in [0.2, 0.25) is 0 Å². The van der Waals surface area contributed by atoms with Gasteiger partial charge < -0.3 is 19.1 Å². The minimum Gasteiger partial charge on any atom is -0.497 e. The Hall–Kier alpha value is -2.50. The van der Waals surface area contributed by atoms with Gasteiger partial charge in [-0.1, -0.05) is 6.07 Å². The lowest BCUT2D eigenvalue weighted by Gasteiger charge is -2.31. The van der Waals surface area contributed by atoms with Gasteiger partial charge in [0.05, 0.1) is 13.7 Å². The normalized spacial score (nSPS) is 17.0. The van der Waals surface area contributed by atoms with Gasteiger partial charge in [0.15, 0.2) is 12.2 Å². The molecule has 6 nitrogen and oxygen atoms in total. The first-order valence-electron chi connectivity index (χ1n) is 7.62. The maximum Gasteiger partial charge on any atom is 0.347 e. The fourth-order valence-corrected chi connectivity index (χ4v) is 2.89. The lowest BCUT2D eigenvalue weighted by Crippen LogP contribution is -2.31. The molecule has 6 heteroatoms. The van der Waals surface area contributed by atoms with Crippen molar-refractivity contribution in [3.05, 3.63) is 40.8 Å². The molecule has 0 bridgehead atoms. The first-order valence-corrected chi connectivity index (χ1v) is 7.62. The third-order valence-electron chi connectivity index (χ3n) is 4.03. The average molecular weight is 317 g/mol. The molecule has 0 N–H and O–H groups in total. The van der Waals surface area contributed by atoms with E-state index in [4.69, 9.17) is 14.2 Å². The van der Waals surface area contributed by atoms with Crippen LogP contribution in [0, 0.1) is 0 Å². The highest BCUT2D eigenvalue weighted by Crippen LogP contribution is 2.29. The monoisotopic (exact) mass is 317 g/mol. The average Bonchev–Trinajstić information content (AvgIpc) is 2.95. The largest absolute Gasteiger partial charge is 0.497 e. The Morgan fingerprint density at radius 2 is 2.17 bits per heavy atom. The number of benzene rings is 1. The summed E-state index contributed by atoms with van der Waals surface area (Å²) < 4.78 is 15.7. The van der Waals surface area contributed by atoms with Gasteiger partial charge in [-0.3, -0.25) is 4.79 Å². The number of hydrogen-bond acceptors (Lipinski definition) is 6. The molecular weight excluding hydrogens is 298 g/mol. The number of ketones is 1. The van der Waals surface area contributed by atoms with Crippen LogP contribution in [0.5, 0.6) is 5.75 Å². The quantitative estimate of drug-likeness (QED) is 0.618. The maximum absolute atomic E-state index is 12.0. The van der Waals surface area contributed by atoms with Crippen molar-refractivity contribution >= 4 is 11.8 Å². The maximum atomic E-state index is 12.0. The molecule has 0 spiro atoms. The molecule has 0 aromatic heterocycles. The van der Waals surface area contributed by atoms with Crippen LogP contribution in [0.25, 0.3) is 0 Å². The number of carbonyl (C=O) groups excluding carboxylic acids is 2. The molecule has 0 aliphatic carbocycles. The third-order valence-corrected chi connectivity index (χ3v) is 4.03. The minimum atomic E-state index is -0.610. The van der Waals surface area contributed by atoms with E-state index in [1.807, 2.05) is 23.1 Å². The summed E-state index contributed by atoms with van der Waals surface area (Å²) in [7, 11) is 1.63. The van der Waals surface area contributed by atoms with Crippen LogP contribution in [0.4, 0.5) is 0 Å². The van der Waals surface area contributed by atoms with Crippen molar-refractivity contribution in [3.63, 3.8) is 0 Å². The van der Waals surface area contributed by atoms with Gasteiger partial charge in [-0.25, -0.2) is 4.79 Å². The fourth-order valence-electron chi connectivity index (χ4n) is 2.89. The Labute approximate surface area is 134 Å². The number of esters is 1. The lowest BCUT2D eigenvalue weighted by atomic mass is 9.99. The Balaban J connectivity index is 1.89. The Kier molecular flexibility index (Phi) is 4.23. The van der Waals surface area contributed by atoms with Crippen LogP contribution in [-0.4, -0.2) is 43.5 Å². The summed E-state index contributed by atoms with van der Waals surface area (Å²) in [4.78, 5) is 25.9. The SMILES string of the molecule is CCOC(=O)C1=C(N2CCc3ccc(OC)cc3C2)OCC1=O. The Bertz CT molecular complexity index is 680. The highest BCUT2D eigenvalue weighted by atomic mass is 16.5. The van der Waals surface area contributed by atoms with Gasteiger partial charge in [0, 0.05) is 13.1 Å². The smallest absolute Gasteiger partial charge is 0.347 e. The van der Waals surface area contributed by atoms with Crippen LogP contribution < -0.4 is 4.74 Å². The summed E-state index contributed by atoms with van der Waals surface area (Å²) in [6.07, 6.45) is 0.816.